The van der Waals surface area contributed by atoms with E-state index in [1.54, 1.807) is 6.92 Å². The van der Waals surface area contributed by atoms with E-state index in [9.17, 15) is 18.3 Å². The number of aromatic nitrogens is 2. The molecule has 1 saturated heterocycles. The van der Waals surface area contributed by atoms with E-state index in [4.69, 9.17) is 4.52 Å². The van der Waals surface area contributed by atoms with Gasteiger partial charge in [0.2, 0.25) is 5.89 Å². The van der Waals surface area contributed by atoms with Gasteiger partial charge in [-0.25, -0.2) is 0 Å². The fourth-order valence-corrected chi connectivity index (χ4v) is 2.47. The van der Waals surface area contributed by atoms with E-state index in [2.05, 4.69) is 10.1 Å². The lowest BCUT2D eigenvalue weighted by atomic mass is 10.0. The highest BCUT2D eigenvalue weighted by molar-refractivity contribution is 5.06. The normalized spacial score (nSPS) is 29.9. The van der Waals surface area contributed by atoms with Gasteiger partial charge in [-0.05, 0) is 26.2 Å². The van der Waals surface area contributed by atoms with Crippen LogP contribution in [0.5, 0.6) is 0 Å². The Morgan fingerprint density at radius 1 is 1.45 bits per heavy atom. The van der Waals surface area contributed by atoms with Crippen molar-refractivity contribution in [3.05, 3.63) is 11.7 Å². The summed E-state index contributed by atoms with van der Waals surface area (Å²) in [5, 5.41) is 13.5. The summed E-state index contributed by atoms with van der Waals surface area (Å²) in [5.41, 5.74) is -2.64. The van der Waals surface area contributed by atoms with Gasteiger partial charge in [-0.1, -0.05) is 5.16 Å². The van der Waals surface area contributed by atoms with Crippen molar-refractivity contribution in [1.82, 2.24) is 15.0 Å². The second-order valence-corrected chi connectivity index (χ2v) is 5.69. The molecule has 0 aromatic carbocycles. The van der Waals surface area contributed by atoms with Crippen LogP contribution in [0.25, 0.3) is 0 Å². The van der Waals surface area contributed by atoms with Gasteiger partial charge in [0.25, 0.3) is 0 Å². The van der Waals surface area contributed by atoms with E-state index in [-0.39, 0.29) is 13.0 Å². The Kier molecular flexibility index (Phi) is 3.06. The maximum atomic E-state index is 12.8. The molecule has 1 aliphatic heterocycles. The predicted octanol–water partition coefficient (Wildman–Crippen LogP) is 2.01. The summed E-state index contributed by atoms with van der Waals surface area (Å²) >= 11 is 0. The standard InChI is InChI=1S/C12H16F3N3O2/c1-7(10-16-9(17-20-10)8-2-3-8)18-5-4-11(19,6-18)12(13,14)15/h7-8,19H,2-6H2,1H3. The number of alkyl halides is 3. The van der Waals surface area contributed by atoms with E-state index < -0.39 is 24.4 Å². The minimum Gasteiger partial charge on any atom is -0.379 e. The molecular formula is C12H16F3N3O2. The molecule has 0 amide bonds. The number of aliphatic hydroxyl groups is 1. The van der Waals surface area contributed by atoms with Crippen LogP contribution in [-0.4, -0.2) is 45.0 Å². The lowest BCUT2D eigenvalue weighted by Crippen LogP contribution is -2.47. The van der Waals surface area contributed by atoms with Crippen molar-refractivity contribution in [2.75, 3.05) is 13.1 Å². The zero-order chi connectivity index (χ0) is 14.5. The monoisotopic (exact) mass is 291 g/mol. The summed E-state index contributed by atoms with van der Waals surface area (Å²) in [6.07, 6.45) is -2.88. The maximum absolute atomic E-state index is 12.8. The van der Waals surface area contributed by atoms with Gasteiger partial charge in [-0.2, -0.15) is 18.2 Å². The number of nitrogens with zero attached hydrogens (tertiary/aromatic N) is 3. The summed E-state index contributed by atoms with van der Waals surface area (Å²) in [4.78, 5) is 5.77. The number of hydrogen-bond acceptors (Lipinski definition) is 5. The fourth-order valence-electron chi connectivity index (χ4n) is 2.47. The Morgan fingerprint density at radius 3 is 2.70 bits per heavy atom. The molecule has 1 N–H and O–H groups in total. The van der Waals surface area contributed by atoms with Gasteiger partial charge in [0.1, 0.15) is 0 Å². The third-order valence-corrected chi connectivity index (χ3v) is 4.11. The molecule has 1 aromatic rings. The van der Waals surface area contributed by atoms with Crippen LogP contribution in [0.1, 0.15) is 49.9 Å². The van der Waals surface area contributed by atoms with Crippen molar-refractivity contribution < 1.29 is 22.8 Å². The molecule has 1 aromatic heterocycles. The van der Waals surface area contributed by atoms with Crippen LogP contribution in [0, 0.1) is 0 Å². The van der Waals surface area contributed by atoms with Crippen LogP contribution in [0.15, 0.2) is 4.52 Å². The van der Waals surface area contributed by atoms with Crippen molar-refractivity contribution in [1.29, 1.82) is 0 Å². The number of likely N-dealkylation sites (tertiary alicyclic amines) is 1. The van der Waals surface area contributed by atoms with Crippen molar-refractivity contribution >= 4 is 0 Å². The molecule has 2 aliphatic rings. The van der Waals surface area contributed by atoms with Gasteiger partial charge in [0.05, 0.1) is 6.04 Å². The van der Waals surface area contributed by atoms with Crippen LogP contribution < -0.4 is 0 Å². The SMILES string of the molecule is CC(c1nc(C2CC2)no1)N1CCC(O)(C(F)(F)F)C1. The molecule has 1 saturated carbocycles. The third-order valence-electron chi connectivity index (χ3n) is 4.11. The largest absolute Gasteiger partial charge is 0.418 e. The number of β-amino-alcohol motifs (C(OH)–C–C–N with tert-alkyl or cyclic N) is 1. The first kappa shape index (κ1) is 13.8. The van der Waals surface area contributed by atoms with Gasteiger partial charge < -0.3 is 9.63 Å². The highest BCUT2D eigenvalue weighted by Gasteiger charge is 2.57. The van der Waals surface area contributed by atoms with Crippen LogP contribution in [0.3, 0.4) is 0 Å². The number of rotatable bonds is 3. The van der Waals surface area contributed by atoms with Crippen LogP contribution >= 0.6 is 0 Å². The zero-order valence-corrected chi connectivity index (χ0v) is 11.0. The minimum absolute atomic E-state index is 0.151. The first-order valence-electron chi connectivity index (χ1n) is 6.67. The first-order chi connectivity index (χ1) is 9.30. The summed E-state index contributed by atoms with van der Waals surface area (Å²) in [6.45, 7) is 1.41. The quantitative estimate of drug-likeness (QED) is 0.923. The lowest BCUT2D eigenvalue weighted by Gasteiger charge is -2.27. The van der Waals surface area contributed by atoms with E-state index in [0.717, 1.165) is 12.8 Å². The van der Waals surface area contributed by atoms with Gasteiger partial charge >= 0.3 is 6.18 Å². The maximum Gasteiger partial charge on any atom is 0.418 e. The second kappa shape index (κ2) is 4.42. The minimum atomic E-state index is -4.62. The van der Waals surface area contributed by atoms with Gasteiger partial charge in [-0.3, -0.25) is 4.90 Å². The molecule has 2 heterocycles. The third kappa shape index (κ3) is 2.31. The van der Waals surface area contributed by atoms with Gasteiger partial charge in [0, 0.05) is 19.0 Å². The van der Waals surface area contributed by atoms with Crippen molar-refractivity contribution in [3.8, 4) is 0 Å². The van der Waals surface area contributed by atoms with Gasteiger partial charge in [0.15, 0.2) is 11.4 Å². The molecule has 3 rings (SSSR count). The molecule has 1 aliphatic carbocycles. The molecular weight excluding hydrogens is 275 g/mol. The Hall–Kier alpha value is -1.15. The molecule has 5 nitrogen and oxygen atoms in total. The average Bonchev–Trinajstić information content (AvgIpc) is 2.95. The summed E-state index contributed by atoms with van der Waals surface area (Å²) in [5.74, 6) is 1.29. The molecule has 20 heavy (non-hydrogen) atoms. The second-order valence-electron chi connectivity index (χ2n) is 5.69. The first-order valence-corrected chi connectivity index (χ1v) is 6.67. The van der Waals surface area contributed by atoms with Crippen molar-refractivity contribution in [3.63, 3.8) is 0 Å². The lowest BCUT2D eigenvalue weighted by molar-refractivity contribution is -0.254. The number of halogens is 3. The van der Waals surface area contributed by atoms with E-state index in [1.165, 1.54) is 4.90 Å². The molecule has 2 unspecified atom stereocenters. The smallest absolute Gasteiger partial charge is 0.379 e. The van der Waals surface area contributed by atoms with Crippen LogP contribution in [0.4, 0.5) is 13.2 Å². The Morgan fingerprint density at radius 2 is 2.15 bits per heavy atom. The fraction of sp³-hybridized carbons (Fsp3) is 0.833. The summed E-state index contributed by atoms with van der Waals surface area (Å²) in [6, 6.07) is -0.425. The Bertz CT molecular complexity index is 500. The zero-order valence-electron chi connectivity index (χ0n) is 11.0. The summed E-state index contributed by atoms with van der Waals surface area (Å²) < 4.78 is 43.5. The topological polar surface area (TPSA) is 62.4 Å². The summed E-state index contributed by atoms with van der Waals surface area (Å²) in [7, 11) is 0. The van der Waals surface area contributed by atoms with E-state index in [1.807, 2.05) is 0 Å². The molecule has 0 bridgehead atoms. The average molecular weight is 291 g/mol. The predicted molar refractivity (Wildman–Crippen MR) is 61.9 cm³/mol. The van der Waals surface area contributed by atoms with E-state index >= 15 is 0 Å². The Labute approximate surface area is 113 Å². The molecule has 2 atom stereocenters. The molecule has 8 heteroatoms. The Balaban J connectivity index is 1.70. The highest BCUT2D eigenvalue weighted by atomic mass is 19.4. The van der Waals surface area contributed by atoms with Crippen molar-refractivity contribution in [2.24, 2.45) is 0 Å². The molecule has 112 valence electrons. The number of hydrogen-bond donors (Lipinski definition) is 1. The molecule has 0 radical (unpaired) electrons. The van der Waals surface area contributed by atoms with Crippen LogP contribution in [-0.2, 0) is 0 Å². The van der Waals surface area contributed by atoms with Crippen LogP contribution in [0.2, 0.25) is 0 Å². The van der Waals surface area contributed by atoms with E-state index in [0.29, 0.717) is 17.6 Å². The van der Waals surface area contributed by atoms with Crippen molar-refractivity contribution in [2.45, 2.75) is 49.9 Å². The molecule has 2 fully saturated rings. The molecule has 0 spiro atoms. The highest BCUT2D eigenvalue weighted by Crippen LogP contribution is 2.41. The van der Waals surface area contributed by atoms with Gasteiger partial charge in [-0.15, -0.1) is 0 Å².